The minimum atomic E-state index is -3.16. The van der Waals surface area contributed by atoms with E-state index >= 15 is 0 Å². The fourth-order valence-electron chi connectivity index (χ4n) is 4.36. The Bertz CT molecular complexity index is 1450. The summed E-state index contributed by atoms with van der Waals surface area (Å²) in [7, 11) is -3.16. The Kier molecular flexibility index (Phi) is 8.43. The van der Waals surface area contributed by atoms with Gasteiger partial charge < -0.3 is 19.7 Å². The molecule has 2 aromatic carbocycles. The van der Waals surface area contributed by atoms with Gasteiger partial charge in [0.15, 0.2) is 6.26 Å². The molecule has 2 heterocycles. The van der Waals surface area contributed by atoms with Crippen molar-refractivity contribution in [1.82, 2.24) is 14.9 Å². The van der Waals surface area contributed by atoms with Crippen LogP contribution in [-0.4, -0.2) is 57.7 Å². The van der Waals surface area contributed by atoms with Crippen molar-refractivity contribution in [1.29, 1.82) is 0 Å². The second-order valence-electron chi connectivity index (χ2n) is 9.04. The van der Waals surface area contributed by atoms with Gasteiger partial charge in [-0.15, -0.1) is 4.72 Å². The van der Waals surface area contributed by atoms with E-state index < -0.39 is 28.3 Å². The number of hydrogen-bond donors (Lipinski definition) is 4. The molecule has 10 nitrogen and oxygen atoms in total. The Balaban J connectivity index is 1.47. The summed E-state index contributed by atoms with van der Waals surface area (Å²) in [6.45, 7) is 0.693. The summed E-state index contributed by atoms with van der Waals surface area (Å²) in [5.74, 6) is -2.18. The molecule has 4 N–H and O–H groups in total. The number of carbonyl (C=O) groups is 3. The van der Waals surface area contributed by atoms with Crippen molar-refractivity contribution in [3.63, 3.8) is 0 Å². The van der Waals surface area contributed by atoms with Gasteiger partial charge in [0, 0.05) is 30.6 Å². The van der Waals surface area contributed by atoms with Crippen LogP contribution in [0.2, 0.25) is 10.0 Å². The predicted molar refractivity (Wildman–Crippen MR) is 144 cm³/mol. The third-order valence-electron chi connectivity index (χ3n) is 6.27. The number of hydrogen-bond acceptors (Lipinski definition) is 5. The van der Waals surface area contributed by atoms with Crippen LogP contribution < -0.4 is 10.0 Å². The average molecular weight is 583 g/mol. The molecule has 1 aromatic heterocycles. The maximum Gasteiger partial charge on any atom is 0.326 e. The largest absolute Gasteiger partial charge is 0.480 e. The first-order valence-corrected chi connectivity index (χ1v) is 14.4. The summed E-state index contributed by atoms with van der Waals surface area (Å²) >= 11 is 13.0. The topological polar surface area (TPSA) is 149 Å². The van der Waals surface area contributed by atoms with Gasteiger partial charge in [-0.05, 0) is 58.9 Å². The fraction of sp³-hybridized carbons (Fsp3) is 0.320. The SMILES string of the molecule is C[S+](=O)(O)NCCC[C@H](NC(=O)c1c(Cl)cc2c(c1Cl)CCN(C(=O)c1ccc3ccoc3c1)C2)C(=O)O. The number of nitrogens with one attached hydrogen (secondary N) is 2. The Hall–Kier alpha value is -2.96. The second-order valence-corrected chi connectivity index (χ2v) is 11.7. The van der Waals surface area contributed by atoms with Gasteiger partial charge in [0.2, 0.25) is 0 Å². The number of nitrogens with zero attached hydrogens (tertiary/aromatic N) is 1. The van der Waals surface area contributed by atoms with E-state index in [1.54, 1.807) is 29.4 Å². The standard InChI is InChI=1S/C25H25Cl2N3O7S/c1-38(35,36)28-8-2-3-19(25(33)34)29-23(31)21-18(26)11-16-13-30(9-6-17(16)22(21)27)24(32)15-5-4-14-7-10-37-20(14)12-15/h4-5,7,10-12,19H,2-3,6,8-9,13H2,1H3,(H3-,28,29,31,33,34,35,36)/p+1/t19-/m0/s1. The monoisotopic (exact) mass is 582 g/mol. The van der Waals surface area contributed by atoms with Gasteiger partial charge in [-0.1, -0.05) is 29.3 Å². The predicted octanol–water partition coefficient (Wildman–Crippen LogP) is 4.01. The highest BCUT2D eigenvalue weighted by molar-refractivity contribution is 7.95. The van der Waals surface area contributed by atoms with Crippen LogP contribution in [0.5, 0.6) is 0 Å². The van der Waals surface area contributed by atoms with Crippen molar-refractivity contribution in [3.8, 4) is 0 Å². The Labute approximate surface area is 229 Å². The molecule has 1 unspecified atom stereocenters. The van der Waals surface area contributed by atoms with Gasteiger partial charge in [-0.3, -0.25) is 9.59 Å². The number of carbonyl (C=O) groups excluding carboxylic acids is 2. The first kappa shape index (κ1) is 28.1. The molecule has 0 fully saturated rings. The van der Waals surface area contributed by atoms with E-state index in [2.05, 4.69) is 10.0 Å². The smallest absolute Gasteiger partial charge is 0.326 e. The molecule has 202 valence electrons. The average Bonchev–Trinajstić information content (AvgIpc) is 3.32. The van der Waals surface area contributed by atoms with Crippen molar-refractivity contribution in [2.75, 3.05) is 19.3 Å². The van der Waals surface area contributed by atoms with E-state index in [1.807, 2.05) is 12.1 Å². The van der Waals surface area contributed by atoms with Gasteiger partial charge in [-0.25, -0.2) is 4.79 Å². The maximum absolute atomic E-state index is 13.1. The fourth-order valence-corrected chi connectivity index (χ4v) is 5.65. The van der Waals surface area contributed by atoms with Gasteiger partial charge in [0.25, 0.3) is 22.2 Å². The summed E-state index contributed by atoms with van der Waals surface area (Å²) in [5, 5.41) is 13.0. The molecule has 0 bridgehead atoms. The highest BCUT2D eigenvalue weighted by Gasteiger charge is 2.29. The summed E-state index contributed by atoms with van der Waals surface area (Å²) in [4.78, 5) is 39.5. The summed E-state index contributed by atoms with van der Waals surface area (Å²) in [6, 6.07) is 7.39. The molecule has 0 spiro atoms. The molecule has 0 radical (unpaired) electrons. The molecule has 1 aliphatic heterocycles. The van der Waals surface area contributed by atoms with Gasteiger partial charge in [-0.2, -0.15) is 4.55 Å². The minimum absolute atomic E-state index is 0.0185. The lowest BCUT2D eigenvalue weighted by Gasteiger charge is -2.30. The number of halogens is 2. The van der Waals surface area contributed by atoms with Gasteiger partial charge >= 0.3 is 5.97 Å². The van der Waals surface area contributed by atoms with Crippen molar-refractivity contribution < 1.29 is 32.7 Å². The lowest BCUT2D eigenvalue weighted by Crippen LogP contribution is -2.42. The van der Waals surface area contributed by atoms with E-state index in [9.17, 15) is 28.3 Å². The molecular weight excluding hydrogens is 557 g/mol. The molecule has 13 heteroatoms. The van der Waals surface area contributed by atoms with Crippen molar-refractivity contribution in [2.45, 2.75) is 31.8 Å². The Morgan fingerprint density at radius 3 is 2.68 bits per heavy atom. The first-order valence-electron chi connectivity index (χ1n) is 11.7. The van der Waals surface area contributed by atoms with Crippen LogP contribution in [0, 0.1) is 0 Å². The molecule has 1 aliphatic rings. The number of rotatable bonds is 9. The molecular formula is C25H26Cl2N3O7S+. The van der Waals surface area contributed by atoms with Crippen LogP contribution in [0.15, 0.2) is 41.0 Å². The molecule has 2 atom stereocenters. The molecule has 38 heavy (non-hydrogen) atoms. The zero-order valence-electron chi connectivity index (χ0n) is 20.3. The van der Waals surface area contributed by atoms with Crippen LogP contribution in [0.3, 0.4) is 0 Å². The van der Waals surface area contributed by atoms with Crippen LogP contribution >= 0.6 is 23.2 Å². The Morgan fingerprint density at radius 2 is 1.97 bits per heavy atom. The number of amides is 2. The highest BCUT2D eigenvalue weighted by atomic mass is 35.5. The molecule has 4 rings (SSSR count). The molecule has 2 amide bonds. The normalized spacial score (nSPS) is 15.5. The maximum atomic E-state index is 13.1. The lowest BCUT2D eigenvalue weighted by molar-refractivity contribution is -0.139. The molecule has 0 aliphatic carbocycles. The van der Waals surface area contributed by atoms with Crippen molar-refractivity contribution in [3.05, 3.63) is 68.9 Å². The third-order valence-corrected chi connectivity index (χ3v) is 7.72. The highest BCUT2D eigenvalue weighted by Crippen LogP contribution is 2.35. The summed E-state index contributed by atoms with van der Waals surface area (Å²) in [6.07, 6.45) is 3.30. The number of furan rings is 1. The number of fused-ring (bicyclic) bond motifs is 2. The first-order chi connectivity index (χ1) is 17.9. The number of carboxylic acid groups (broad SMARTS) is 1. The summed E-state index contributed by atoms with van der Waals surface area (Å²) in [5.41, 5.74) is 2.43. The van der Waals surface area contributed by atoms with E-state index in [1.165, 1.54) is 0 Å². The van der Waals surface area contributed by atoms with E-state index in [0.29, 0.717) is 35.2 Å². The van der Waals surface area contributed by atoms with Crippen molar-refractivity contribution in [2.24, 2.45) is 0 Å². The molecule has 3 aromatic rings. The number of benzene rings is 2. The van der Waals surface area contributed by atoms with E-state index in [0.717, 1.165) is 11.6 Å². The van der Waals surface area contributed by atoms with Crippen LogP contribution in [0.25, 0.3) is 11.0 Å². The quantitative estimate of drug-likeness (QED) is 0.220. The zero-order chi connectivity index (χ0) is 27.6. The van der Waals surface area contributed by atoms with Crippen LogP contribution in [-0.2, 0) is 32.4 Å². The Morgan fingerprint density at radius 1 is 1.21 bits per heavy atom. The lowest BCUT2D eigenvalue weighted by atomic mass is 9.95. The van der Waals surface area contributed by atoms with Crippen LogP contribution in [0.1, 0.15) is 44.7 Å². The van der Waals surface area contributed by atoms with E-state index in [4.69, 9.17) is 27.6 Å². The van der Waals surface area contributed by atoms with Gasteiger partial charge in [0.1, 0.15) is 11.6 Å². The van der Waals surface area contributed by atoms with Crippen molar-refractivity contribution >= 4 is 62.4 Å². The summed E-state index contributed by atoms with van der Waals surface area (Å²) < 4.78 is 28.3. The number of aliphatic carboxylic acids is 1. The van der Waals surface area contributed by atoms with Crippen LogP contribution in [0.4, 0.5) is 0 Å². The molecule has 0 saturated carbocycles. The van der Waals surface area contributed by atoms with E-state index in [-0.39, 0.29) is 47.4 Å². The minimum Gasteiger partial charge on any atom is -0.480 e. The molecule has 0 saturated heterocycles. The zero-order valence-corrected chi connectivity index (χ0v) is 22.7. The second kappa shape index (κ2) is 11.4. The van der Waals surface area contributed by atoms with Gasteiger partial charge in [0.05, 0.1) is 21.9 Å². The number of carboxylic acids is 1. The third kappa shape index (κ3) is 6.36.